The first-order chi connectivity index (χ1) is 15.6. The fourth-order valence-electron chi connectivity index (χ4n) is 3.38. The second kappa shape index (κ2) is 10.2. The lowest BCUT2D eigenvalue weighted by molar-refractivity contribution is -0.149. The molecule has 0 saturated carbocycles. The fraction of sp³-hybridized carbons (Fsp3) is 0.200. The average Bonchev–Trinajstić information content (AvgIpc) is 3.21. The highest BCUT2D eigenvalue weighted by Gasteiger charge is 2.21. The van der Waals surface area contributed by atoms with Crippen LogP contribution in [0, 0.1) is 0 Å². The van der Waals surface area contributed by atoms with Gasteiger partial charge in [0.1, 0.15) is 11.6 Å². The standard InChI is InChI=1S/C25H23N3O3S/c1-2-31-25(30)17-28(16-20-10-6-7-13-26-20)24(29)15-23-27-21-12-11-19(14-22(21)32-23)18-8-4-3-5-9-18/h3-14H,2,15-17H2,1H3. The van der Waals surface area contributed by atoms with E-state index in [1.807, 2.05) is 48.5 Å². The van der Waals surface area contributed by atoms with Gasteiger partial charge in [0.25, 0.3) is 0 Å². The molecule has 0 bridgehead atoms. The van der Waals surface area contributed by atoms with Crippen LogP contribution in [0.25, 0.3) is 21.3 Å². The number of hydrogen-bond acceptors (Lipinski definition) is 6. The molecule has 4 rings (SSSR count). The molecule has 1 amide bonds. The van der Waals surface area contributed by atoms with Crippen LogP contribution >= 0.6 is 11.3 Å². The maximum atomic E-state index is 13.1. The van der Waals surface area contributed by atoms with Crippen LogP contribution in [0.4, 0.5) is 0 Å². The van der Waals surface area contributed by atoms with Gasteiger partial charge in [0.2, 0.25) is 5.91 Å². The van der Waals surface area contributed by atoms with Crippen LogP contribution in [-0.2, 0) is 27.3 Å². The Kier molecular flexibility index (Phi) is 6.87. The third-order valence-electron chi connectivity index (χ3n) is 4.90. The van der Waals surface area contributed by atoms with Crippen LogP contribution in [0.1, 0.15) is 17.6 Å². The number of nitrogens with zero attached hydrogens (tertiary/aromatic N) is 3. The van der Waals surface area contributed by atoms with Crippen molar-refractivity contribution in [1.82, 2.24) is 14.9 Å². The second-order valence-corrected chi connectivity index (χ2v) is 8.32. The molecule has 2 heterocycles. The zero-order valence-electron chi connectivity index (χ0n) is 17.7. The summed E-state index contributed by atoms with van der Waals surface area (Å²) in [6.45, 7) is 2.13. The first kappa shape index (κ1) is 21.6. The summed E-state index contributed by atoms with van der Waals surface area (Å²) >= 11 is 1.50. The normalized spacial score (nSPS) is 10.8. The van der Waals surface area contributed by atoms with Crippen LogP contribution in [0.2, 0.25) is 0 Å². The van der Waals surface area contributed by atoms with E-state index < -0.39 is 5.97 Å². The lowest BCUT2D eigenvalue weighted by atomic mass is 10.1. The molecule has 2 aromatic carbocycles. The first-order valence-corrected chi connectivity index (χ1v) is 11.2. The number of carbonyl (C=O) groups is 2. The monoisotopic (exact) mass is 445 g/mol. The van der Waals surface area contributed by atoms with E-state index in [4.69, 9.17) is 4.74 Å². The Morgan fingerprint density at radius 3 is 2.56 bits per heavy atom. The minimum absolute atomic E-state index is 0.117. The van der Waals surface area contributed by atoms with Gasteiger partial charge in [-0.2, -0.15) is 0 Å². The summed E-state index contributed by atoms with van der Waals surface area (Å²) in [6, 6.07) is 21.8. The number of fused-ring (bicyclic) bond motifs is 1. The number of benzene rings is 2. The maximum absolute atomic E-state index is 13.1. The first-order valence-electron chi connectivity index (χ1n) is 10.4. The third-order valence-corrected chi connectivity index (χ3v) is 5.92. The van der Waals surface area contributed by atoms with Gasteiger partial charge in [-0.1, -0.05) is 42.5 Å². The molecule has 0 unspecified atom stereocenters. The van der Waals surface area contributed by atoms with Crippen molar-refractivity contribution < 1.29 is 14.3 Å². The Morgan fingerprint density at radius 1 is 1.00 bits per heavy atom. The van der Waals surface area contributed by atoms with Crippen LogP contribution < -0.4 is 0 Å². The molecule has 0 saturated heterocycles. The average molecular weight is 446 g/mol. The molecule has 0 atom stereocenters. The topological polar surface area (TPSA) is 72.4 Å². The quantitative estimate of drug-likeness (QED) is 0.374. The Hall–Kier alpha value is -3.58. The van der Waals surface area contributed by atoms with Gasteiger partial charge in [-0.15, -0.1) is 11.3 Å². The van der Waals surface area contributed by atoms with Gasteiger partial charge >= 0.3 is 5.97 Å². The van der Waals surface area contributed by atoms with E-state index in [2.05, 4.69) is 28.2 Å². The minimum Gasteiger partial charge on any atom is -0.465 e. The number of ether oxygens (including phenoxy) is 1. The smallest absolute Gasteiger partial charge is 0.325 e. The van der Waals surface area contributed by atoms with Gasteiger partial charge in [0.15, 0.2) is 0 Å². The number of rotatable bonds is 8. The van der Waals surface area contributed by atoms with E-state index in [1.54, 1.807) is 13.1 Å². The Labute approximate surface area is 190 Å². The Morgan fingerprint density at radius 2 is 1.81 bits per heavy atom. The summed E-state index contributed by atoms with van der Waals surface area (Å²) in [5, 5.41) is 0.713. The van der Waals surface area contributed by atoms with Crippen LogP contribution in [0.3, 0.4) is 0 Å². The second-order valence-electron chi connectivity index (χ2n) is 7.21. The molecule has 2 aromatic heterocycles. The van der Waals surface area contributed by atoms with Crippen LogP contribution in [-0.4, -0.2) is 39.9 Å². The number of esters is 1. The molecule has 4 aromatic rings. The van der Waals surface area contributed by atoms with Gasteiger partial charge in [-0.25, -0.2) is 4.98 Å². The van der Waals surface area contributed by atoms with Gasteiger partial charge < -0.3 is 9.64 Å². The van der Waals surface area contributed by atoms with Crippen molar-refractivity contribution >= 4 is 33.4 Å². The minimum atomic E-state index is -0.436. The van der Waals surface area contributed by atoms with Crippen molar-refractivity contribution in [1.29, 1.82) is 0 Å². The van der Waals surface area contributed by atoms with E-state index in [-0.39, 0.29) is 32.0 Å². The molecule has 0 N–H and O–H groups in total. The summed E-state index contributed by atoms with van der Waals surface area (Å²) in [5.74, 6) is -0.625. The summed E-state index contributed by atoms with van der Waals surface area (Å²) in [7, 11) is 0. The molecule has 0 aliphatic carbocycles. The SMILES string of the molecule is CCOC(=O)CN(Cc1ccccn1)C(=O)Cc1nc2ccc(-c3ccccc3)cc2s1. The lowest BCUT2D eigenvalue weighted by Gasteiger charge is -2.21. The molecular formula is C25H23N3O3S. The van der Waals surface area contributed by atoms with E-state index in [1.165, 1.54) is 16.2 Å². The van der Waals surface area contributed by atoms with Gasteiger partial charge in [-0.3, -0.25) is 14.6 Å². The fourth-order valence-corrected chi connectivity index (χ4v) is 4.38. The van der Waals surface area contributed by atoms with Crippen molar-refractivity contribution in [3.05, 3.63) is 83.6 Å². The van der Waals surface area contributed by atoms with Gasteiger partial charge in [0.05, 0.1) is 35.5 Å². The molecule has 162 valence electrons. The number of carbonyl (C=O) groups excluding carboxylic acids is 2. The van der Waals surface area contributed by atoms with Crippen molar-refractivity contribution in [2.24, 2.45) is 0 Å². The molecule has 0 aliphatic heterocycles. The van der Waals surface area contributed by atoms with Crippen molar-refractivity contribution in [2.45, 2.75) is 19.9 Å². The van der Waals surface area contributed by atoms with E-state index in [9.17, 15) is 9.59 Å². The molecule has 6 nitrogen and oxygen atoms in total. The lowest BCUT2D eigenvalue weighted by Crippen LogP contribution is -2.37. The molecule has 0 spiro atoms. The predicted octanol–water partition coefficient (Wildman–Crippen LogP) is 4.49. The molecular weight excluding hydrogens is 422 g/mol. The largest absolute Gasteiger partial charge is 0.465 e. The highest BCUT2D eigenvalue weighted by Crippen LogP contribution is 2.28. The molecule has 7 heteroatoms. The number of aromatic nitrogens is 2. The summed E-state index contributed by atoms with van der Waals surface area (Å²) in [4.78, 5) is 35.5. The molecule has 0 fully saturated rings. The summed E-state index contributed by atoms with van der Waals surface area (Å²) in [5.41, 5.74) is 3.82. The summed E-state index contributed by atoms with van der Waals surface area (Å²) < 4.78 is 6.07. The number of amides is 1. The molecule has 0 radical (unpaired) electrons. The highest BCUT2D eigenvalue weighted by molar-refractivity contribution is 7.18. The summed E-state index contributed by atoms with van der Waals surface area (Å²) in [6.07, 6.45) is 1.78. The third kappa shape index (κ3) is 5.36. The van der Waals surface area contributed by atoms with E-state index >= 15 is 0 Å². The Bertz CT molecular complexity index is 1210. The van der Waals surface area contributed by atoms with Crippen LogP contribution in [0.15, 0.2) is 72.9 Å². The van der Waals surface area contributed by atoms with E-state index in [0.29, 0.717) is 10.7 Å². The number of hydrogen-bond donors (Lipinski definition) is 0. The zero-order chi connectivity index (χ0) is 22.3. The Balaban J connectivity index is 1.53. The van der Waals surface area contributed by atoms with Crippen molar-refractivity contribution in [2.75, 3.05) is 13.2 Å². The van der Waals surface area contributed by atoms with Gasteiger partial charge in [-0.05, 0) is 42.3 Å². The molecule has 0 aliphatic rings. The van der Waals surface area contributed by atoms with E-state index in [0.717, 1.165) is 21.3 Å². The zero-order valence-corrected chi connectivity index (χ0v) is 18.5. The molecule has 32 heavy (non-hydrogen) atoms. The van der Waals surface area contributed by atoms with Crippen LogP contribution in [0.5, 0.6) is 0 Å². The highest BCUT2D eigenvalue weighted by atomic mass is 32.1. The maximum Gasteiger partial charge on any atom is 0.325 e. The van der Waals surface area contributed by atoms with Gasteiger partial charge in [0, 0.05) is 6.20 Å². The number of pyridine rings is 1. The van der Waals surface area contributed by atoms with Crippen molar-refractivity contribution in [3.8, 4) is 11.1 Å². The van der Waals surface area contributed by atoms with Crippen molar-refractivity contribution in [3.63, 3.8) is 0 Å². The number of thiazole rings is 1. The predicted molar refractivity (Wildman–Crippen MR) is 125 cm³/mol.